The number of aryl methyl sites for hydroxylation is 1. The molecule has 1 heterocycles. The van der Waals surface area contributed by atoms with Crippen molar-refractivity contribution in [2.75, 3.05) is 12.0 Å². The third kappa shape index (κ3) is 8.11. The molecule has 0 aliphatic carbocycles. The molecule has 1 atom stereocenters. The molecule has 11 heteroatoms. The fourth-order valence-corrected chi connectivity index (χ4v) is 2.43. The number of hydrogen-bond donors (Lipinski definition) is 4. The van der Waals surface area contributed by atoms with Gasteiger partial charge in [-0.25, -0.2) is 15.0 Å². The monoisotopic (exact) mass is 399 g/mol. The number of hydrazone groups is 1. The molecule has 0 bridgehead atoms. The Bertz CT molecular complexity index is 809. The van der Waals surface area contributed by atoms with Crippen LogP contribution in [0.15, 0.2) is 14.7 Å². The van der Waals surface area contributed by atoms with Crippen molar-refractivity contribution in [2.45, 2.75) is 45.8 Å². The number of carbonyl (C=O) groups is 2. The molecule has 27 heavy (non-hydrogen) atoms. The minimum atomic E-state index is -0.848. The topological polar surface area (TPSA) is 146 Å². The van der Waals surface area contributed by atoms with Gasteiger partial charge >= 0.3 is 11.8 Å². The van der Waals surface area contributed by atoms with Gasteiger partial charge in [-0.2, -0.15) is 16.9 Å². The highest BCUT2D eigenvalue weighted by atomic mass is 32.2. The molecule has 1 rings (SSSR count). The van der Waals surface area contributed by atoms with Crippen LogP contribution in [0.3, 0.4) is 0 Å². The number of nitrogens with zero attached hydrogens (tertiary/aromatic N) is 1. The van der Waals surface area contributed by atoms with Crippen LogP contribution in [0.2, 0.25) is 0 Å². The van der Waals surface area contributed by atoms with E-state index in [4.69, 9.17) is 4.74 Å². The van der Waals surface area contributed by atoms with Crippen molar-refractivity contribution in [1.29, 1.82) is 0 Å². The molecule has 0 radical (unpaired) electrons. The van der Waals surface area contributed by atoms with Crippen molar-refractivity contribution in [3.63, 3.8) is 0 Å². The van der Waals surface area contributed by atoms with E-state index in [0.717, 1.165) is 6.21 Å². The number of alkyl carbamates (subject to hydrolysis) is 1. The number of aromatic amines is 2. The van der Waals surface area contributed by atoms with E-state index in [9.17, 15) is 19.2 Å². The summed E-state index contributed by atoms with van der Waals surface area (Å²) in [6.45, 7) is 6.69. The van der Waals surface area contributed by atoms with E-state index >= 15 is 0 Å². The Hall–Kier alpha value is -2.56. The molecule has 0 fully saturated rings. The molecule has 4 N–H and O–H groups in total. The highest BCUT2D eigenvalue weighted by Gasteiger charge is 2.23. The van der Waals surface area contributed by atoms with E-state index in [1.54, 1.807) is 20.8 Å². The summed E-state index contributed by atoms with van der Waals surface area (Å²) >= 11 is 1.52. The number of nitrogens with one attached hydrogen (secondary N) is 4. The number of H-pyrrole nitrogens is 2. The maximum Gasteiger partial charge on any atom is 0.408 e. The quantitative estimate of drug-likeness (QED) is 0.387. The summed E-state index contributed by atoms with van der Waals surface area (Å²) in [6.07, 6.45) is 2.67. The number of rotatable bonds is 7. The third-order valence-electron chi connectivity index (χ3n) is 3.16. The molecule has 150 valence electrons. The van der Waals surface area contributed by atoms with E-state index < -0.39 is 34.9 Å². The summed E-state index contributed by atoms with van der Waals surface area (Å²) < 4.78 is 5.16. The number of aromatic nitrogens is 2. The molecule has 0 aliphatic heterocycles. The molecule has 0 saturated carbocycles. The number of hydrogen-bond acceptors (Lipinski definition) is 7. The Kier molecular flexibility index (Phi) is 8.29. The fraction of sp³-hybridized carbons (Fsp3) is 0.562. The minimum Gasteiger partial charge on any atom is -0.444 e. The van der Waals surface area contributed by atoms with Gasteiger partial charge in [0.1, 0.15) is 11.6 Å². The van der Waals surface area contributed by atoms with Crippen molar-refractivity contribution in [2.24, 2.45) is 5.10 Å². The summed E-state index contributed by atoms with van der Waals surface area (Å²) in [5, 5.41) is 6.25. The summed E-state index contributed by atoms with van der Waals surface area (Å²) in [7, 11) is 0. The Morgan fingerprint density at radius 1 is 1.30 bits per heavy atom. The third-order valence-corrected chi connectivity index (χ3v) is 3.81. The van der Waals surface area contributed by atoms with E-state index in [1.807, 2.05) is 6.26 Å². The van der Waals surface area contributed by atoms with Gasteiger partial charge in [0.25, 0.3) is 11.5 Å². The first-order valence-corrected chi connectivity index (χ1v) is 9.57. The van der Waals surface area contributed by atoms with Crippen LogP contribution in [0.1, 0.15) is 38.4 Å². The van der Waals surface area contributed by atoms with Crippen LogP contribution in [0, 0.1) is 6.92 Å². The average molecular weight is 399 g/mol. The number of thioether (sulfide) groups is 1. The van der Waals surface area contributed by atoms with Gasteiger partial charge in [-0.1, -0.05) is 0 Å². The van der Waals surface area contributed by atoms with Gasteiger partial charge in [0, 0.05) is 5.69 Å². The standard InChI is InChI=1S/C16H25N5O5S/c1-9-10(12(22)20-14(24)18-9)8-17-21-13(23)11(6-7-27-5)19-15(25)26-16(2,3)4/h8,11H,6-7H2,1-5H3,(H,19,25)(H,21,23)(H2,18,20,22,24)/b17-8-/t11-/m0/s1. The van der Waals surface area contributed by atoms with Crippen LogP contribution in [0.5, 0.6) is 0 Å². The highest BCUT2D eigenvalue weighted by Crippen LogP contribution is 2.08. The lowest BCUT2D eigenvalue weighted by Gasteiger charge is -2.22. The van der Waals surface area contributed by atoms with E-state index in [2.05, 4.69) is 25.8 Å². The number of amides is 2. The maximum absolute atomic E-state index is 12.3. The molecule has 2 amide bonds. The lowest BCUT2D eigenvalue weighted by Crippen LogP contribution is -2.47. The van der Waals surface area contributed by atoms with Gasteiger partial charge in [-0.15, -0.1) is 0 Å². The second kappa shape index (κ2) is 9.95. The predicted molar refractivity (Wildman–Crippen MR) is 104 cm³/mol. The van der Waals surface area contributed by atoms with E-state index in [1.165, 1.54) is 18.7 Å². The first kappa shape index (κ1) is 22.5. The van der Waals surface area contributed by atoms with Crippen molar-refractivity contribution in [3.8, 4) is 0 Å². The molecule has 0 aromatic carbocycles. The summed E-state index contributed by atoms with van der Waals surface area (Å²) in [5.41, 5.74) is 0.762. The molecule has 1 aromatic rings. The first-order chi connectivity index (χ1) is 12.5. The van der Waals surface area contributed by atoms with Crippen molar-refractivity contribution in [3.05, 3.63) is 32.1 Å². The van der Waals surface area contributed by atoms with Gasteiger partial charge < -0.3 is 15.0 Å². The molecule has 1 aromatic heterocycles. The zero-order valence-corrected chi connectivity index (χ0v) is 16.8. The van der Waals surface area contributed by atoms with Gasteiger partial charge in [0.15, 0.2) is 0 Å². The zero-order valence-electron chi connectivity index (χ0n) is 16.0. The van der Waals surface area contributed by atoms with E-state index in [-0.39, 0.29) is 5.56 Å². The number of carbonyl (C=O) groups excluding carboxylic acids is 2. The van der Waals surface area contributed by atoms with Gasteiger partial charge in [-0.05, 0) is 46.1 Å². The second-order valence-corrected chi connectivity index (χ2v) is 7.65. The molecular weight excluding hydrogens is 374 g/mol. The Labute approximate surface area is 160 Å². The van der Waals surface area contributed by atoms with Crippen molar-refractivity contribution < 1.29 is 14.3 Å². The molecular formula is C16H25N5O5S. The lowest BCUT2D eigenvalue weighted by molar-refractivity contribution is -0.123. The molecule has 0 saturated heterocycles. The van der Waals surface area contributed by atoms with Gasteiger partial charge in [0.2, 0.25) is 0 Å². The SMILES string of the molecule is CSCC[C@H](NC(=O)OC(C)(C)C)C(=O)N/N=C\c1c(C)[nH]c(=O)[nH]c1=O. The second-order valence-electron chi connectivity index (χ2n) is 6.66. The van der Waals surface area contributed by atoms with Crippen LogP contribution in [0.25, 0.3) is 0 Å². The van der Waals surface area contributed by atoms with Crippen molar-refractivity contribution >= 4 is 30.0 Å². The normalized spacial score (nSPS) is 12.6. The minimum absolute atomic E-state index is 0.107. The average Bonchev–Trinajstić information content (AvgIpc) is 2.51. The predicted octanol–water partition coefficient (Wildman–Crippen LogP) is 0.468. The van der Waals surface area contributed by atoms with Crippen LogP contribution < -0.4 is 22.0 Å². The van der Waals surface area contributed by atoms with Gasteiger partial charge in [-0.3, -0.25) is 14.6 Å². The molecule has 10 nitrogen and oxygen atoms in total. The highest BCUT2D eigenvalue weighted by molar-refractivity contribution is 7.98. The Balaban J connectivity index is 2.80. The van der Waals surface area contributed by atoms with Crippen LogP contribution in [0.4, 0.5) is 4.79 Å². The Morgan fingerprint density at radius 2 is 1.96 bits per heavy atom. The number of ether oxygens (including phenoxy) is 1. The summed E-state index contributed by atoms with van der Waals surface area (Å²) in [4.78, 5) is 51.6. The smallest absolute Gasteiger partial charge is 0.408 e. The van der Waals surface area contributed by atoms with E-state index in [0.29, 0.717) is 17.9 Å². The van der Waals surface area contributed by atoms with Crippen LogP contribution >= 0.6 is 11.8 Å². The molecule has 0 unspecified atom stereocenters. The summed E-state index contributed by atoms with van der Waals surface area (Å²) in [6, 6.07) is -0.848. The Morgan fingerprint density at radius 3 is 2.52 bits per heavy atom. The molecule has 0 spiro atoms. The van der Waals surface area contributed by atoms with Crippen molar-refractivity contribution in [1.82, 2.24) is 20.7 Å². The zero-order chi connectivity index (χ0) is 20.6. The fourth-order valence-electron chi connectivity index (χ4n) is 1.96. The van der Waals surface area contributed by atoms with Gasteiger partial charge in [0.05, 0.1) is 11.8 Å². The van der Waals surface area contributed by atoms with Crippen LogP contribution in [-0.4, -0.2) is 51.8 Å². The lowest BCUT2D eigenvalue weighted by atomic mass is 10.2. The molecule has 0 aliphatic rings. The largest absolute Gasteiger partial charge is 0.444 e. The van der Waals surface area contributed by atoms with Crippen LogP contribution in [-0.2, 0) is 9.53 Å². The summed E-state index contributed by atoms with van der Waals surface area (Å²) in [5.74, 6) is 0.0840. The maximum atomic E-state index is 12.3. The first-order valence-electron chi connectivity index (χ1n) is 8.18.